The van der Waals surface area contributed by atoms with Gasteiger partial charge in [-0.2, -0.15) is 0 Å². The molecule has 17 heavy (non-hydrogen) atoms. The van der Waals surface area contributed by atoms with Gasteiger partial charge < -0.3 is 10.4 Å². The maximum Gasteiger partial charge on any atom is 0.0613 e. The van der Waals surface area contributed by atoms with E-state index in [4.69, 9.17) is 0 Å². The lowest BCUT2D eigenvalue weighted by molar-refractivity contribution is 0.0995. The zero-order valence-electron chi connectivity index (χ0n) is 11.4. The Bertz CT molecular complexity index is 217. The molecule has 1 rings (SSSR count). The van der Waals surface area contributed by atoms with Crippen LogP contribution in [0, 0.1) is 5.92 Å². The van der Waals surface area contributed by atoms with Gasteiger partial charge in [-0.25, -0.2) is 0 Å². The molecule has 0 spiro atoms. The summed E-state index contributed by atoms with van der Waals surface area (Å²) in [6, 6.07) is 0. The van der Waals surface area contributed by atoms with E-state index in [-0.39, 0.29) is 5.54 Å². The van der Waals surface area contributed by atoms with Crippen molar-refractivity contribution in [2.45, 2.75) is 63.8 Å². The highest BCUT2D eigenvalue weighted by atomic mass is 16.3. The lowest BCUT2D eigenvalue weighted by atomic mass is 9.77. The van der Waals surface area contributed by atoms with Crippen molar-refractivity contribution in [3.05, 3.63) is 12.7 Å². The summed E-state index contributed by atoms with van der Waals surface area (Å²) in [6.45, 7) is 7.38. The molecule has 1 fully saturated rings. The Morgan fingerprint density at radius 2 is 2.24 bits per heavy atom. The average molecular weight is 239 g/mol. The first-order valence-corrected chi connectivity index (χ1v) is 7.19. The number of hydrogen-bond acceptors (Lipinski definition) is 2. The Balaban J connectivity index is 2.19. The van der Waals surface area contributed by atoms with Crippen molar-refractivity contribution in [3.8, 4) is 0 Å². The second-order valence-electron chi connectivity index (χ2n) is 5.70. The Hall–Kier alpha value is -0.340. The smallest absolute Gasteiger partial charge is 0.0613 e. The van der Waals surface area contributed by atoms with Gasteiger partial charge in [-0.3, -0.25) is 0 Å². The number of nitrogens with one attached hydrogen (secondary N) is 1. The van der Waals surface area contributed by atoms with Crippen molar-refractivity contribution < 1.29 is 5.11 Å². The van der Waals surface area contributed by atoms with E-state index in [0.29, 0.717) is 6.61 Å². The van der Waals surface area contributed by atoms with Crippen molar-refractivity contribution in [2.75, 3.05) is 13.2 Å². The predicted molar refractivity (Wildman–Crippen MR) is 74.1 cm³/mol. The minimum Gasteiger partial charge on any atom is -0.394 e. The highest BCUT2D eigenvalue weighted by Gasteiger charge is 2.33. The van der Waals surface area contributed by atoms with E-state index in [2.05, 4.69) is 18.8 Å². The van der Waals surface area contributed by atoms with Crippen LogP contribution in [0.2, 0.25) is 0 Å². The molecule has 1 aliphatic rings. The standard InChI is InChI=1S/C15H29NO/c1-3-4-5-6-7-11-16-15(13-17)10-8-9-14(2)12-15/h3,14,16-17H,1,4-13H2,2H3. The largest absolute Gasteiger partial charge is 0.394 e. The summed E-state index contributed by atoms with van der Waals surface area (Å²) < 4.78 is 0. The topological polar surface area (TPSA) is 32.3 Å². The maximum atomic E-state index is 9.62. The molecule has 2 nitrogen and oxygen atoms in total. The molecular weight excluding hydrogens is 210 g/mol. The van der Waals surface area contributed by atoms with Crippen LogP contribution in [0.15, 0.2) is 12.7 Å². The van der Waals surface area contributed by atoms with E-state index in [9.17, 15) is 5.11 Å². The third-order valence-electron chi connectivity index (χ3n) is 3.98. The van der Waals surface area contributed by atoms with Gasteiger partial charge in [-0.15, -0.1) is 6.58 Å². The predicted octanol–water partition coefficient (Wildman–Crippen LogP) is 3.26. The molecule has 0 aromatic rings. The second kappa shape index (κ2) is 7.88. The Kier molecular flexibility index (Phi) is 6.83. The molecule has 1 aliphatic carbocycles. The highest BCUT2D eigenvalue weighted by molar-refractivity contribution is 4.92. The first-order chi connectivity index (χ1) is 8.22. The molecule has 1 saturated carbocycles. The Morgan fingerprint density at radius 3 is 2.88 bits per heavy atom. The normalized spacial score (nSPS) is 29.2. The van der Waals surface area contributed by atoms with Gasteiger partial charge in [0.1, 0.15) is 0 Å². The van der Waals surface area contributed by atoms with Gasteiger partial charge in [-0.1, -0.05) is 32.3 Å². The van der Waals surface area contributed by atoms with Gasteiger partial charge >= 0.3 is 0 Å². The zero-order chi connectivity index (χ0) is 12.6. The van der Waals surface area contributed by atoms with E-state index in [1.165, 1.54) is 32.1 Å². The SMILES string of the molecule is C=CCCCCCNC1(CO)CCCC(C)C1. The molecule has 100 valence electrons. The molecule has 0 saturated heterocycles. The first-order valence-electron chi connectivity index (χ1n) is 7.19. The molecule has 0 amide bonds. The van der Waals surface area contributed by atoms with E-state index >= 15 is 0 Å². The van der Waals surface area contributed by atoms with E-state index in [1.807, 2.05) is 6.08 Å². The van der Waals surface area contributed by atoms with Crippen LogP contribution >= 0.6 is 0 Å². The first kappa shape index (κ1) is 14.7. The maximum absolute atomic E-state index is 9.62. The van der Waals surface area contributed by atoms with Crippen molar-refractivity contribution in [1.29, 1.82) is 0 Å². The molecule has 0 aromatic heterocycles. The van der Waals surface area contributed by atoms with Crippen molar-refractivity contribution in [2.24, 2.45) is 5.92 Å². The molecule has 0 aliphatic heterocycles. The summed E-state index contributed by atoms with van der Waals surface area (Å²) in [7, 11) is 0. The van der Waals surface area contributed by atoms with Crippen LogP contribution in [-0.4, -0.2) is 23.8 Å². The highest BCUT2D eigenvalue weighted by Crippen LogP contribution is 2.31. The second-order valence-corrected chi connectivity index (χ2v) is 5.70. The van der Waals surface area contributed by atoms with Crippen molar-refractivity contribution >= 4 is 0 Å². The summed E-state index contributed by atoms with van der Waals surface area (Å²) in [4.78, 5) is 0. The summed E-state index contributed by atoms with van der Waals surface area (Å²) in [5.41, 5.74) is 0.0239. The number of hydrogen-bond donors (Lipinski definition) is 2. The summed E-state index contributed by atoms with van der Waals surface area (Å²) >= 11 is 0. The van der Waals surface area contributed by atoms with Crippen LogP contribution in [0.1, 0.15) is 58.3 Å². The fourth-order valence-electron chi connectivity index (χ4n) is 2.96. The zero-order valence-corrected chi connectivity index (χ0v) is 11.4. The van der Waals surface area contributed by atoms with Crippen molar-refractivity contribution in [3.63, 3.8) is 0 Å². The molecule has 0 aromatic carbocycles. The van der Waals surface area contributed by atoms with Gasteiger partial charge in [0, 0.05) is 5.54 Å². The number of unbranched alkanes of at least 4 members (excludes halogenated alkanes) is 3. The molecule has 2 unspecified atom stereocenters. The van der Waals surface area contributed by atoms with E-state index < -0.39 is 0 Å². The lowest BCUT2D eigenvalue weighted by Gasteiger charge is -2.39. The molecular formula is C15H29NO. The van der Waals surface area contributed by atoms with Crippen LogP contribution in [0.5, 0.6) is 0 Å². The van der Waals surface area contributed by atoms with Gasteiger partial charge in [0.2, 0.25) is 0 Å². The van der Waals surface area contributed by atoms with Crippen LogP contribution in [0.3, 0.4) is 0 Å². The van der Waals surface area contributed by atoms with Crippen LogP contribution in [0.25, 0.3) is 0 Å². The van der Waals surface area contributed by atoms with Crippen molar-refractivity contribution in [1.82, 2.24) is 5.32 Å². The molecule has 0 heterocycles. The third-order valence-corrected chi connectivity index (χ3v) is 3.98. The van der Waals surface area contributed by atoms with E-state index in [0.717, 1.165) is 31.7 Å². The average Bonchev–Trinajstić information content (AvgIpc) is 2.34. The van der Waals surface area contributed by atoms with E-state index in [1.54, 1.807) is 0 Å². The Morgan fingerprint density at radius 1 is 1.41 bits per heavy atom. The quantitative estimate of drug-likeness (QED) is 0.503. The number of aliphatic hydroxyl groups excluding tert-OH is 1. The molecule has 0 bridgehead atoms. The molecule has 2 atom stereocenters. The monoisotopic (exact) mass is 239 g/mol. The number of rotatable bonds is 8. The van der Waals surface area contributed by atoms with Gasteiger partial charge in [0.15, 0.2) is 0 Å². The summed E-state index contributed by atoms with van der Waals surface area (Å²) in [5, 5.41) is 13.2. The number of allylic oxidation sites excluding steroid dienone is 1. The van der Waals surface area contributed by atoms with Crippen LogP contribution in [0.4, 0.5) is 0 Å². The van der Waals surface area contributed by atoms with Gasteiger partial charge in [0.25, 0.3) is 0 Å². The fraction of sp³-hybridized carbons (Fsp3) is 0.867. The minimum atomic E-state index is 0.0239. The number of aliphatic hydroxyl groups is 1. The van der Waals surface area contributed by atoms with Crippen LogP contribution in [-0.2, 0) is 0 Å². The summed E-state index contributed by atoms with van der Waals surface area (Å²) in [6.07, 6.45) is 11.7. The van der Waals surface area contributed by atoms with Gasteiger partial charge in [-0.05, 0) is 44.6 Å². The fourth-order valence-corrected chi connectivity index (χ4v) is 2.96. The minimum absolute atomic E-state index is 0.0239. The molecule has 2 N–H and O–H groups in total. The molecule has 2 heteroatoms. The third kappa shape index (κ3) is 5.22. The summed E-state index contributed by atoms with van der Waals surface area (Å²) in [5.74, 6) is 0.754. The van der Waals surface area contributed by atoms with Crippen LogP contribution < -0.4 is 5.32 Å². The van der Waals surface area contributed by atoms with Gasteiger partial charge in [0.05, 0.1) is 6.61 Å². The Labute approximate surface area is 106 Å². The lowest BCUT2D eigenvalue weighted by Crippen LogP contribution is -2.51. The molecule has 0 radical (unpaired) electrons.